The summed E-state index contributed by atoms with van der Waals surface area (Å²) in [5, 5.41) is 2.41. The highest BCUT2D eigenvalue weighted by Crippen LogP contribution is 2.32. The Morgan fingerprint density at radius 3 is 2.74 bits per heavy atom. The summed E-state index contributed by atoms with van der Waals surface area (Å²) in [5.74, 6) is -1.18. The lowest BCUT2D eigenvalue weighted by Crippen LogP contribution is -2.36. The highest BCUT2D eigenvalue weighted by molar-refractivity contribution is 5.92. The zero-order chi connectivity index (χ0) is 24.0. The molecule has 3 aromatic heterocycles. The summed E-state index contributed by atoms with van der Waals surface area (Å²) in [4.78, 5) is 37.4. The number of aromatic amines is 1. The Hall–Kier alpha value is -3.66. The molecule has 8 nitrogen and oxygen atoms in total. The number of rotatable bonds is 4. The number of nitrogens with one attached hydrogen (secondary N) is 2. The van der Waals surface area contributed by atoms with E-state index in [4.69, 9.17) is 0 Å². The molecule has 34 heavy (non-hydrogen) atoms. The third-order valence-electron chi connectivity index (χ3n) is 6.55. The lowest BCUT2D eigenvalue weighted by molar-refractivity contribution is 0.0957. The maximum absolute atomic E-state index is 14.5. The minimum Gasteiger partial charge on any atom is -0.354 e. The maximum atomic E-state index is 14.5. The molecule has 0 bridgehead atoms. The van der Waals surface area contributed by atoms with Gasteiger partial charge in [0.2, 0.25) is 5.95 Å². The number of halogens is 2. The van der Waals surface area contributed by atoms with Crippen LogP contribution < -0.4 is 10.9 Å². The maximum Gasteiger partial charge on any atom is 0.269 e. The van der Waals surface area contributed by atoms with Crippen molar-refractivity contribution in [3.05, 3.63) is 69.7 Å². The number of carbonyl (C=O) groups excluding carboxylic acids is 1. The van der Waals surface area contributed by atoms with Crippen LogP contribution >= 0.6 is 0 Å². The van der Waals surface area contributed by atoms with Crippen molar-refractivity contribution in [2.45, 2.75) is 25.3 Å². The van der Waals surface area contributed by atoms with Gasteiger partial charge in [-0.3, -0.25) is 14.5 Å². The molecular formula is C24H24F2N6O2. The first-order valence-corrected chi connectivity index (χ1v) is 11.1. The Balaban J connectivity index is 1.33. The van der Waals surface area contributed by atoms with E-state index in [0.29, 0.717) is 30.0 Å². The SMILES string of the molecule is CNC(=O)c1ccc(C2=CCN(C3C=C(c4nc5c(c(F)cn5C)c(=O)[nH]4)CC3)CC2)c(F)n1. The number of fused-ring (bicyclic) bond motifs is 1. The minimum atomic E-state index is -0.647. The summed E-state index contributed by atoms with van der Waals surface area (Å²) in [6.45, 7) is 1.38. The van der Waals surface area contributed by atoms with E-state index in [1.54, 1.807) is 13.1 Å². The quantitative estimate of drug-likeness (QED) is 0.577. The fourth-order valence-electron chi connectivity index (χ4n) is 4.73. The number of hydrogen-bond donors (Lipinski definition) is 2. The van der Waals surface area contributed by atoms with Gasteiger partial charge in [-0.25, -0.2) is 14.4 Å². The number of carbonyl (C=O) groups is 1. The second-order valence-corrected chi connectivity index (χ2v) is 8.59. The molecule has 3 aromatic rings. The van der Waals surface area contributed by atoms with Gasteiger partial charge in [0.15, 0.2) is 11.5 Å². The number of pyridine rings is 1. The van der Waals surface area contributed by atoms with Gasteiger partial charge in [0, 0.05) is 45.0 Å². The molecule has 1 amide bonds. The van der Waals surface area contributed by atoms with Crippen LogP contribution in [0.3, 0.4) is 0 Å². The number of H-pyrrole nitrogens is 1. The van der Waals surface area contributed by atoms with Crippen molar-refractivity contribution in [3.63, 3.8) is 0 Å². The predicted octanol–water partition coefficient (Wildman–Crippen LogP) is 2.63. The van der Waals surface area contributed by atoms with Crippen LogP contribution in [-0.2, 0) is 7.05 Å². The Kier molecular flexibility index (Phi) is 5.60. The lowest BCUT2D eigenvalue weighted by Gasteiger charge is -2.30. The molecule has 0 radical (unpaired) electrons. The number of allylic oxidation sites excluding steroid dienone is 1. The Morgan fingerprint density at radius 2 is 2.03 bits per heavy atom. The van der Waals surface area contributed by atoms with Gasteiger partial charge in [-0.2, -0.15) is 4.39 Å². The third kappa shape index (κ3) is 3.83. The van der Waals surface area contributed by atoms with Crippen LogP contribution in [0.2, 0.25) is 0 Å². The monoisotopic (exact) mass is 466 g/mol. The van der Waals surface area contributed by atoms with E-state index in [2.05, 4.69) is 31.2 Å². The van der Waals surface area contributed by atoms with E-state index >= 15 is 0 Å². The van der Waals surface area contributed by atoms with Crippen molar-refractivity contribution in [1.29, 1.82) is 0 Å². The van der Waals surface area contributed by atoms with E-state index in [9.17, 15) is 18.4 Å². The van der Waals surface area contributed by atoms with Crippen LogP contribution in [0.5, 0.6) is 0 Å². The van der Waals surface area contributed by atoms with Crippen molar-refractivity contribution in [2.24, 2.45) is 7.05 Å². The molecule has 10 heteroatoms. The van der Waals surface area contributed by atoms with Gasteiger partial charge in [-0.05, 0) is 42.5 Å². The van der Waals surface area contributed by atoms with E-state index in [1.807, 2.05) is 6.08 Å². The summed E-state index contributed by atoms with van der Waals surface area (Å²) in [6, 6.07) is 3.30. The first-order chi connectivity index (χ1) is 16.4. The van der Waals surface area contributed by atoms with Gasteiger partial charge in [-0.15, -0.1) is 0 Å². The first kappa shape index (κ1) is 22.1. The molecule has 2 N–H and O–H groups in total. The van der Waals surface area contributed by atoms with Crippen LogP contribution in [0.25, 0.3) is 22.2 Å². The standard InChI is InChI=1S/C24H24F2N6O2/c1-27-23(33)18-6-5-16(20(26)28-18)13-7-9-32(10-8-13)15-4-3-14(11-15)21-29-22-19(24(34)30-21)17(25)12-31(22)2/h5-7,11-12,15H,3-4,8-10H2,1-2H3,(H,27,33)(H,29,30,34). The fraction of sp³-hybridized carbons (Fsp3) is 0.333. The van der Waals surface area contributed by atoms with E-state index in [1.165, 1.54) is 23.9 Å². The Labute approximate surface area is 194 Å². The molecule has 0 saturated carbocycles. The summed E-state index contributed by atoms with van der Waals surface area (Å²) in [5.41, 5.74) is 2.11. The number of amides is 1. The summed E-state index contributed by atoms with van der Waals surface area (Å²) >= 11 is 0. The number of nitrogens with zero attached hydrogens (tertiary/aromatic N) is 4. The molecule has 1 atom stereocenters. The fourth-order valence-corrected chi connectivity index (χ4v) is 4.73. The normalized spacial score (nSPS) is 18.8. The molecule has 0 aromatic carbocycles. The van der Waals surface area contributed by atoms with Crippen molar-refractivity contribution in [2.75, 3.05) is 20.1 Å². The zero-order valence-corrected chi connectivity index (χ0v) is 18.9. The van der Waals surface area contributed by atoms with Gasteiger partial charge >= 0.3 is 0 Å². The van der Waals surface area contributed by atoms with E-state index < -0.39 is 23.2 Å². The predicted molar refractivity (Wildman–Crippen MR) is 124 cm³/mol. The largest absolute Gasteiger partial charge is 0.354 e. The second kappa shape index (κ2) is 8.60. The molecular weight excluding hydrogens is 442 g/mol. The average Bonchev–Trinajstić information content (AvgIpc) is 3.43. The number of aryl methyl sites for hydroxylation is 1. The second-order valence-electron chi connectivity index (χ2n) is 8.59. The topological polar surface area (TPSA) is 95.9 Å². The summed E-state index contributed by atoms with van der Waals surface area (Å²) in [6.07, 6.45) is 7.62. The third-order valence-corrected chi connectivity index (χ3v) is 6.55. The number of aromatic nitrogens is 4. The molecule has 0 saturated heterocycles. The van der Waals surface area contributed by atoms with E-state index in [-0.39, 0.29) is 17.1 Å². The Morgan fingerprint density at radius 1 is 1.21 bits per heavy atom. The minimum absolute atomic E-state index is 0.0276. The van der Waals surface area contributed by atoms with Crippen LogP contribution in [0.1, 0.15) is 41.1 Å². The van der Waals surface area contributed by atoms with Crippen molar-refractivity contribution >= 4 is 28.1 Å². The van der Waals surface area contributed by atoms with Gasteiger partial charge in [0.05, 0.1) is 0 Å². The van der Waals surface area contributed by atoms with Crippen LogP contribution in [0, 0.1) is 11.8 Å². The zero-order valence-electron chi connectivity index (χ0n) is 18.9. The highest BCUT2D eigenvalue weighted by atomic mass is 19.1. The van der Waals surface area contributed by atoms with E-state index in [0.717, 1.165) is 30.5 Å². The molecule has 1 aliphatic carbocycles. The molecule has 1 aliphatic heterocycles. The highest BCUT2D eigenvalue weighted by Gasteiger charge is 2.27. The van der Waals surface area contributed by atoms with Crippen molar-refractivity contribution < 1.29 is 13.6 Å². The summed E-state index contributed by atoms with van der Waals surface area (Å²) in [7, 11) is 3.14. The van der Waals surface area contributed by atoms with Gasteiger partial charge in [-0.1, -0.05) is 12.2 Å². The molecule has 4 heterocycles. The first-order valence-electron chi connectivity index (χ1n) is 11.1. The molecule has 176 valence electrons. The van der Waals surface area contributed by atoms with Gasteiger partial charge < -0.3 is 14.9 Å². The molecule has 2 aliphatic rings. The molecule has 1 unspecified atom stereocenters. The van der Waals surface area contributed by atoms with Crippen molar-refractivity contribution in [1.82, 2.24) is 29.7 Å². The van der Waals surface area contributed by atoms with Crippen LogP contribution in [0.15, 0.2) is 35.3 Å². The smallest absolute Gasteiger partial charge is 0.269 e. The van der Waals surface area contributed by atoms with Crippen molar-refractivity contribution in [3.8, 4) is 0 Å². The number of hydrogen-bond acceptors (Lipinski definition) is 5. The van der Waals surface area contributed by atoms with Gasteiger partial charge in [0.1, 0.15) is 16.9 Å². The molecule has 5 rings (SSSR count). The van der Waals surface area contributed by atoms with Crippen LogP contribution in [-0.4, -0.2) is 56.5 Å². The lowest BCUT2D eigenvalue weighted by atomic mass is 9.99. The van der Waals surface area contributed by atoms with Crippen LogP contribution in [0.4, 0.5) is 8.78 Å². The van der Waals surface area contributed by atoms with Gasteiger partial charge in [0.25, 0.3) is 11.5 Å². The summed E-state index contributed by atoms with van der Waals surface area (Å²) < 4.78 is 30.0. The molecule has 0 spiro atoms. The average molecular weight is 466 g/mol. The molecule has 0 fully saturated rings. The Bertz CT molecular complexity index is 1420.